The van der Waals surface area contributed by atoms with Gasteiger partial charge in [-0.1, -0.05) is 13.8 Å². The summed E-state index contributed by atoms with van der Waals surface area (Å²) in [5.41, 5.74) is 5.87. The van der Waals surface area contributed by atoms with Gasteiger partial charge >= 0.3 is 0 Å². The molecule has 2 fully saturated rings. The molecule has 2 aliphatic carbocycles. The molecule has 0 bridgehead atoms. The van der Waals surface area contributed by atoms with E-state index in [1.807, 2.05) is 0 Å². The summed E-state index contributed by atoms with van der Waals surface area (Å²) in [5, 5.41) is 0. The average Bonchev–Trinajstić information content (AvgIpc) is 2.23. The lowest BCUT2D eigenvalue weighted by molar-refractivity contribution is -0.160. The van der Waals surface area contributed by atoms with Crippen LogP contribution in [-0.4, -0.2) is 31.5 Å². The second-order valence-electron chi connectivity index (χ2n) is 5.66. The minimum absolute atomic E-state index is 0.120. The van der Waals surface area contributed by atoms with Crippen molar-refractivity contribution >= 4 is 0 Å². The van der Waals surface area contributed by atoms with Crippen molar-refractivity contribution < 1.29 is 9.47 Å². The van der Waals surface area contributed by atoms with Crippen LogP contribution in [0.4, 0.5) is 0 Å². The average molecular weight is 227 g/mol. The van der Waals surface area contributed by atoms with Crippen LogP contribution in [0.5, 0.6) is 0 Å². The first-order valence-electron chi connectivity index (χ1n) is 6.55. The van der Waals surface area contributed by atoms with Crippen LogP contribution < -0.4 is 5.73 Å². The Morgan fingerprint density at radius 2 is 1.81 bits per heavy atom. The van der Waals surface area contributed by atoms with E-state index in [4.69, 9.17) is 15.2 Å². The number of ether oxygens (including phenoxy) is 2. The van der Waals surface area contributed by atoms with Crippen molar-refractivity contribution in [1.82, 2.24) is 0 Å². The van der Waals surface area contributed by atoms with Crippen LogP contribution in [0.1, 0.15) is 39.5 Å². The van der Waals surface area contributed by atoms with Crippen molar-refractivity contribution in [2.45, 2.75) is 63.9 Å². The number of hydrogen-bond donors (Lipinski definition) is 1. The Morgan fingerprint density at radius 3 is 2.38 bits per heavy atom. The molecule has 0 aromatic carbocycles. The molecule has 3 heteroatoms. The lowest BCUT2D eigenvalue weighted by Crippen LogP contribution is -2.58. The highest BCUT2D eigenvalue weighted by atomic mass is 16.5. The molecule has 0 saturated heterocycles. The fraction of sp³-hybridized carbons (Fsp3) is 1.00. The summed E-state index contributed by atoms with van der Waals surface area (Å²) in [6, 6.07) is 0.176. The van der Waals surface area contributed by atoms with Gasteiger partial charge in [0.1, 0.15) is 0 Å². The zero-order valence-corrected chi connectivity index (χ0v) is 10.7. The number of rotatable bonds is 3. The van der Waals surface area contributed by atoms with Crippen molar-refractivity contribution in [2.75, 3.05) is 7.11 Å². The van der Waals surface area contributed by atoms with E-state index in [9.17, 15) is 0 Å². The van der Waals surface area contributed by atoms with Crippen LogP contribution in [0, 0.1) is 11.8 Å². The van der Waals surface area contributed by atoms with Gasteiger partial charge < -0.3 is 15.2 Å². The molecule has 0 spiro atoms. The molecule has 2 rings (SSSR count). The zero-order chi connectivity index (χ0) is 11.7. The largest absolute Gasteiger partial charge is 0.377 e. The molecule has 94 valence electrons. The molecule has 0 heterocycles. The van der Waals surface area contributed by atoms with Gasteiger partial charge in [-0.05, 0) is 37.5 Å². The SMILES string of the molecule is COC1C(N)CC1OC1CCC(C)C(C)C1. The van der Waals surface area contributed by atoms with Crippen molar-refractivity contribution in [2.24, 2.45) is 17.6 Å². The van der Waals surface area contributed by atoms with Crippen LogP contribution in [0.25, 0.3) is 0 Å². The van der Waals surface area contributed by atoms with Crippen LogP contribution in [0.15, 0.2) is 0 Å². The Hall–Kier alpha value is -0.120. The summed E-state index contributed by atoms with van der Waals surface area (Å²) in [6.07, 6.45) is 5.44. The van der Waals surface area contributed by atoms with Gasteiger partial charge in [-0.2, -0.15) is 0 Å². The maximum absolute atomic E-state index is 6.11. The summed E-state index contributed by atoms with van der Waals surface area (Å²) in [4.78, 5) is 0. The first kappa shape index (κ1) is 12.3. The minimum Gasteiger partial charge on any atom is -0.377 e. The van der Waals surface area contributed by atoms with Crippen molar-refractivity contribution in [3.05, 3.63) is 0 Å². The van der Waals surface area contributed by atoms with Gasteiger partial charge in [0.25, 0.3) is 0 Å². The normalized spacial score (nSPS) is 48.8. The molecule has 0 aliphatic heterocycles. The Morgan fingerprint density at radius 1 is 1.06 bits per heavy atom. The lowest BCUT2D eigenvalue weighted by Gasteiger charge is -2.44. The number of nitrogens with two attached hydrogens (primary N) is 1. The maximum atomic E-state index is 6.11. The van der Waals surface area contributed by atoms with E-state index in [1.165, 1.54) is 19.3 Å². The first-order chi connectivity index (χ1) is 7.61. The summed E-state index contributed by atoms with van der Waals surface area (Å²) < 4.78 is 11.5. The molecule has 2 saturated carbocycles. The predicted octanol–water partition coefficient (Wildman–Crippen LogP) is 1.94. The van der Waals surface area contributed by atoms with Crippen molar-refractivity contribution in [3.8, 4) is 0 Å². The van der Waals surface area contributed by atoms with Crippen LogP contribution in [0.2, 0.25) is 0 Å². The van der Waals surface area contributed by atoms with Crippen molar-refractivity contribution in [1.29, 1.82) is 0 Å². The van der Waals surface area contributed by atoms with E-state index >= 15 is 0 Å². The van der Waals surface area contributed by atoms with Gasteiger partial charge in [0.15, 0.2) is 0 Å². The van der Waals surface area contributed by atoms with Crippen LogP contribution >= 0.6 is 0 Å². The Labute approximate surface area is 98.7 Å². The fourth-order valence-corrected chi connectivity index (χ4v) is 2.94. The highest BCUT2D eigenvalue weighted by molar-refractivity contribution is 4.95. The number of hydrogen-bond acceptors (Lipinski definition) is 3. The molecule has 2 N–H and O–H groups in total. The number of methoxy groups -OCH3 is 1. The monoisotopic (exact) mass is 227 g/mol. The summed E-state index contributed by atoms with van der Waals surface area (Å²) in [7, 11) is 1.73. The fourth-order valence-electron chi connectivity index (χ4n) is 2.94. The molecule has 6 unspecified atom stereocenters. The molecule has 0 radical (unpaired) electrons. The van der Waals surface area contributed by atoms with Crippen molar-refractivity contribution in [3.63, 3.8) is 0 Å². The van der Waals surface area contributed by atoms with E-state index in [0.29, 0.717) is 6.10 Å². The van der Waals surface area contributed by atoms with Gasteiger partial charge in [0.05, 0.1) is 18.3 Å². The minimum atomic E-state index is 0.120. The van der Waals surface area contributed by atoms with Gasteiger partial charge in [0, 0.05) is 13.2 Å². The molecular formula is C13H25NO2. The second-order valence-corrected chi connectivity index (χ2v) is 5.66. The van der Waals surface area contributed by atoms with Crippen LogP contribution in [-0.2, 0) is 9.47 Å². The van der Waals surface area contributed by atoms with E-state index in [0.717, 1.165) is 18.3 Å². The van der Waals surface area contributed by atoms with Gasteiger partial charge in [-0.3, -0.25) is 0 Å². The summed E-state index contributed by atoms with van der Waals surface area (Å²) in [6.45, 7) is 4.68. The topological polar surface area (TPSA) is 44.5 Å². The zero-order valence-electron chi connectivity index (χ0n) is 10.7. The van der Waals surface area contributed by atoms with E-state index in [2.05, 4.69) is 13.8 Å². The molecule has 6 atom stereocenters. The Bertz CT molecular complexity index is 234. The second kappa shape index (κ2) is 5.03. The third kappa shape index (κ3) is 2.41. The van der Waals surface area contributed by atoms with E-state index < -0.39 is 0 Å². The third-order valence-electron chi connectivity index (χ3n) is 4.48. The van der Waals surface area contributed by atoms with E-state index in [-0.39, 0.29) is 18.2 Å². The van der Waals surface area contributed by atoms with Gasteiger partial charge in [0.2, 0.25) is 0 Å². The Balaban J connectivity index is 1.78. The third-order valence-corrected chi connectivity index (χ3v) is 4.48. The standard InChI is InChI=1S/C13H25NO2/c1-8-4-5-10(6-9(8)2)16-12-7-11(14)13(12)15-3/h8-13H,4-7,14H2,1-3H3. The molecular weight excluding hydrogens is 202 g/mol. The van der Waals surface area contributed by atoms with Gasteiger partial charge in [-0.15, -0.1) is 0 Å². The molecule has 16 heavy (non-hydrogen) atoms. The smallest absolute Gasteiger partial charge is 0.0984 e. The highest BCUT2D eigenvalue weighted by Gasteiger charge is 2.41. The van der Waals surface area contributed by atoms with Gasteiger partial charge in [-0.25, -0.2) is 0 Å². The molecule has 2 aliphatic rings. The van der Waals surface area contributed by atoms with Crippen LogP contribution in [0.3, 0.4) is 0 Å². The molecule has 0 aromatic heterocycles. The maximum Gasteiger partial charge on any atom is 0.0984 e. The first-order valence-corrected chi connectivity index (χ1v) is 6.55. The summed E-state index contributed by atoms with van der Waals surface area (Å²) in [5.74, 6) is 1.63. The predicted molar refractivity (Wildman–Crippen MR) is 64.2 cm³/mol. The highest BCUT2D eigenvalue weighted by Crippen LogP contribution is 2.34. The molecule has 0 amide bonds. The summed E-state index contributed by atoms with van der Waals surface area (Å²) >= 11 is 0. The quantitative estimate of drug-likeness (QED) is 0.801. The molecule has 0 aromatic rings. The molecule has 3 nitrogen and oxygen atoms in total. The lowest BCUT2D eigenvalue weighted by atomic mass is 9.79. The van der Waals surface area contributed by atoms with E-state index in [1.54, 1.807) is 7.11 Å². The Kier molecular flexibility index (Phi) is 3.88.